The molecule has 5 rings (SSSR count). The Hall–Kier alpha value is -3.88. The topological polar surface area (TPSA) is 120 Å². The first kappa shape index (κ1) is 20.0. The average molecular weight is 433 g/mol. The van der Waals surface area contributed by atoms with Crippen molar-refractivity contribution in [2.24, 2.45) is 0 Å². The van der Waals surface area contributed by atoms with Crippen molar-refractivity contribution in [2.75, 3.05) is 18.0 Å². The Balaban J connectivity index is 1.45. The molecular weight excluding hydrogens is 410 g/mol. The molecule has 164 valence electrons. The van der Waals surface area contributed by atoms with Gasteiger partial charge in [0.05, 0.1) is 30.7 Å². The van der Waals surface area contributed by atoms with Gasteiger partial charge < -0.3 is 15.2 Å². The molecule has 1 fully saturated rings. The van der Waals surface area contributed by atoms with E-state index in [9.17, 15) is 14.7 Å². The summed E-state index contributed by atoms with van der Waals surface area (Å²) >= 11 is 0. The van der Waals surface area contributed by atoms with Gasteiger partial charge in [0.25, 0.3) is 0 Å². The van der Waals surface area contributed by atoms with Crippen LogP contribution in [0.3, 0.4) is 0 Å². The number of benzene rings is 1. The number of nitrogens with one attached hydrogen (secondary N) is 2. The monoisotopic (exact) mass is 433 g/mol. The minimum absolute atomic E-state index is 0.1000. The minimum atomic E-state index is -0.411. The zero-order valence-corrected chi connectivity index (χ0v) is 17.6. The van der Waals surface area contributed by atoms with E-state index >= 15 is 0 Å². The first-order valence-corrected chi connectivity index (χ1v) is 10.6. The predicted molar refractivity (Wildman–Crippen MR) is 117 cm³/mol. The predicted octanol–water partition coefficient (Wildman–Crippen LogP) is 2.79. The summed E-state index contributed by atoms with van der Waals surface area (Å²) < 4.78 is 5.39. The van der Waals surface area contributed by atoms with Crippen LogP contribution in [-0.2, 0) is 22.4 Å². The number of ether oxygens (including phenoxy) is 1. The second-order valence-corrected chi connectivity index (χ2v) is 8.07. The lowest BCUT2D eigenvalue weighted by Gasteiger charge is -2.16. The number of fused-ring (bicyclic) bond motifs is 3. The Bertz CT molecular complexity index is 1200. The highest BCUT2D eigenvalue weighted by Gasteiger charge is 2.33. The molecule has 1 saturated heterocycles. The van der Waals surface area contributed by atoms with Gasteiger partial charge in [-0.2, -0.15) is 5.10 Å². The van der Waals surface area contributed by atoms with Crippen molar-refractivity contribution in [3.8, 4) is 28.3 Å². The lowest BCUT2D eigenvalue weighted by atomic mass is 9.99. The van der Waals surface area contributed by atoms with Crippen molar-refractivity contribution in [2.45, 2.75) is 32.3 Å². The van der Waals surface area contributed by atoms with Gasteiger partial charge in [-0.3, -0.25) is 19.8 Å². The molecule has 0 bridgehead atoms. The fourth-order valence-corrected chi connectivity index (χ4v) is 4.39. The molecule has 1 aliphatic carbocycles. The number of anilines is 1. The van der Waals surface area contributed by atoms with E-state index in [2.05, 4.69) is 20.5 Å². The van der Waals surface area contributed by atoms with Crippen LogP contribution in [-0.4, -0.2) is 51.5 Å². The number of aromatic amines is 1. The third-order valence-corrected chi connectivity index (χ3v) is 5.92. The van der Waals surface area contributed by atoms with Crippen molar-refractivity contribution in [1.29, 1.82) is 0 Å². The maximum atomic E-state index is 12.4. The highest BCUT2D eigenvalue weighted by Crippen LogP contribution is 2.39. The van der Waals surface area contributed by atoms with Crippen molar-refractivity contribution < 1.29 is 19.4 Å². The number of carbonyl (C=O) groups excluding carboxylic acids is 2. The summed E-state index contributed by atoms with van der Waals surface area (Å²) in [6.07, 6.45) is 4.86. The first-order valence-electron chi connectivity index (χ1n) is 10.6. The second kappa shape index (κ2) is 7.99. The van der Waals surface area contributed by atoms with Crippen LogP contribution < -0.4 is 10.2 Å². The fourth-order valence-electron chi connectivity index (χ4n) is 4.39. The number of aromatic hydroxyl groups is 1. The Morgan fingerprint density at radius 1 is 1.31 bits per heavy atom. The number of amides is 2. The lowest BCUT2D eigenvalue weighted by Crippen LogP contribution is -2.33. The number of hydrogen-bond acceptors (Lipinski definition) is 6. The molecule has 0 unspecified atom stereocenters. The number of pyridine rings is 1. The molecule has 3 aromatic rings. The summed E-state index contributed by atoms with van der Waals surface area (Å²) in [5.41, 5.74) is 6.32. The zero-order valence-electron chi connectivity index (χ0n) is 17.6. The van der Waals surface area contributed by atoms with Gasteiger partial charge in [-0.1, -0.05) is 6.07 Å². The van der Waals surface area contributed by atoms with Crippen LogP contribution in [0, 0.1) is 0 Å². The molecule has 1 aromatic carbocycles. The number of aryl methyl sites for hydroxylation is 1. The van der Waals surface area contributed by atoms with Crippen LogP contribution in [0.2, 0.25) is 0 Å². The standard InChI is InChI=1S/C23H23N5O4/c1-13(29)25-10-16-12-28(23(31)32-16)15-5-6-17-14(9-15)3-2-4-19-21(17)26-27-22(19)18-7-8-24-11-20(18)30/h5-9,11,16,30H,2-4,10,12H2,1H3,(H,25,29)(H,26,27)/t16-/m0/s1. The van der Waals surface area contributed by atoms with Gasteiger partial charge in [0, 0.05) is 35.5 Å². The van der Waals surface area contributed by atoms with E-state index in [0.29, 0.717) is 18.7 Å². The van der Waals surface area contributed by atoms with Gasteiger partial charge in [0.15, 0.2) is 0 Å². The molecule has 0 saturated carbocycles. The van der Waals surface area contributed by atoms with E-state index < -0.39 is 6.09 Å². The van der Waals surface area contributed by atoms with Crippen LogP contribution in [0.1, 0.15) is 24.5 Å². The molecule has 0 radical (unpaired) electrons. The van der Waals surface area contributed by atoms with E-state index in [0.717, 1.165) is 53.0 Å². The van der Waals surface area contributed by atoms with Crippen LogP contribution >= 0.6 is 0 Å². The van der Waals surface area contributed by atoms with Crippen LogP contribution in [0.25, 0.3) is 22.5 Å². The Kier molecular flexibility index (Phi) is 5.01. The number of nitrogens with zero attached hydrogens (tertiary/aromatic N) is 3. The SMILES string of the molecule is CC(=O)NC[C@H]1CN(c2ccc3c(c2)CCCc2c(-c4ccncc4O)n[nH]c2-3)C(=O)O1. The number of hydrogen-bond donors (Lipinski definition) is 3. The Morgan fingerprint density at radius 2 is 2.19 bits per heavy atom. The highest BCUT2D eigenvalue weighted by atomic mass is 16.6. The molecular formula is C23H23N5O4. The quantitative estimate of drug-likeness (QED) is 0.582. The van der Waals surface area contributed by atoms with Gasteiger partial charge >= 0.3 is 6.09 Å². The average Bonchev–Trinajstić information content (AvgIpc) is 3.31. The molecule has 3 N–H and O–H groups in total. The highest BCUT2D eigenvalue weighted by molar-refractivity contribution is 5.91. The van der Waals surface area contributed by atoms with E-state index in [4.69, 9.17) is 4.74 Å². The number of carbonyl (C=O) groups is 2. The molecule has 2 aliphatic rings. The number of rotatable bonds is 4. The lowest BCUT2D eigenvalue weighted by molar-refractivity contribution is -0.119. The van der Waals surface area contributed by atoms with E-state index in [1.165, 1.54) is 13.1 Å². The summed E-state index contributed by atoms with van der Waals surface area (Å²) in [7, 11) is 0. The van der Waals surface area contributed by atoms with Crippen LogP contribution in [0.5, 0.6) is 5.75 Å². The van der Waals surface area contributed by atoms with E-state index in [-0.39, 0.29) is 17.8 Å². The summed E-state index contributed by atoms with van der Waals surface area (Å²) in [6.45, 7) is 2.12. The molecule has 9 heteroatoms. The molecule has 1 aliphatic heterocycles. The molecule has 1 atom stereocenters. The summed E-state index contributed by atoms with van der Waals surface area (Å²) in [6, 6.07) is 7.69. The number of cyclic esters (lactones) is 1. The molecule has 2 amide bonds. The maximum absolute atomic E-state index is 12.4. The van der Waals surface area contributed by atoms with Gasteiger partial charge in [0.2, 0.25) is 5.91 Å². The number of H-pyrrole nitrogens is 1. The molecule has 0 spiro atoms. The van der Waals surface area contributed by atoms with Gasteiger partial charge in [-0.25, -0.2) is 4.79 Å². The van der Waals surface area contributed by atoms with Crippen molar-refractivity contribution in [1.82, 2.24) is 20.5 Å². The minimum Gasteiger partial charge on any atom is -0.506 e. The number of aromatic nitrogens is 3. The first-order chi connectivity index (χ1) is 15.5. The van der Waals surface area contributed by atoms with E-state index in [1.54, 1.807) is 17.2 Å². The largest absolute Gasteiger partial charge is 0.506 e. The molecule has 2 aromatic heterocycles. The Labute approximate surface area is 184 Å². The van der Waals surface area contributed by atoms with Crippen molar-refractivity contribution >= 4 is 17.7 Å². The van der Waals surface area contributed by atoms with Gasteiger partial charge in [-0.05, 0) is 43.0 Å². The van der Waals surface area contributed by atoms with Crippen LogP contribution in [0.4, 0.5) is 10.5 Å². The van der Waals surface area contributed by atoms with Crippen molar-refractivity contribution in [3.63, 3.8) is 0 Å². The smallest absolute Gasteiger partial charge is 0.414 e. The molecule has 9 nitrogen and oxygen atoms in total. The van der Waals surface area contributed by atoms with Crippen LogP contribution in [0.15, 0.2) is 36.7 Å². The zero-order chi connectivity index (χ0) is 22.2. The van der Waals surface area contributed by atoms with Gasteiger partial charge in [0.1, 0.15) is 11.9 Å². The normalized spacial score (nSPS) is 17.3. The summed E-state index contributed by atoms with van der Waals surface area (Å²) in [5.74, 6) is -0.0534. The van der Waals surface area contributed by atoms with Gasteiger partial charge in [-0.15, -0.1) is 0 Å². The Morgan fingerprint density at radius 3 is 3.00 bits per heavy atom. The van der Waals surface area contributed by atoms with E-state index in [1.807, 2.05) is 18.2 Å². The third kappa shape index (κ3) is 3.55. The molecule has 3 heterocycles. The maximum Gasteiger partial charge on any atom is 0.414 e. The second-order valence-electron chi connectivity index (χ2n) is 8.07. The van der Waals surface area contributed by atoms with Crippen molar-refractivity contribution in [3.05, 3.63) is 47.8 Å². The third-order valence-electron chi connectivity index (χ3n) is 5.92. The molecule has 32 heavy (non-hydrogen) atoms. The fraction of sp³-hybridized carbons (Fsp3) is 0.304. The summed E-state index contributed by atoms with van der Waals surface area (Å²) in [5, 5.41) is 20.6. The summed E-state index contributed by atoms with van der Waals surface area (Å²) in [4.78, 5) is 29.1.